The monoisotopic (exact) mass is 234 g/mol. The van der Waals surface area contributed by atoms with Gasteiger partial charge in [-0.1, -0.05) is 0 Å². The van der Waals surface area contributed by atoms with Gasteiger partial charge in [0.05, 0.1) is 6.10 Å². The number of hydrogen-bond donors (Lipinski definition) is 2. The molecule has 0 atom stereocenters. The zero-order valence-electron chi connectivity index (χ0n) is 10.0. The number of nitrogen functional groups attached to an aromatic ring is 1. The molecule has 92 valence electrons. The van der Waals surface area contributed by atoms with Crippen LogP contribution in [-0.4, -0.2) is 37.1 Å². The first kappa shape index (κ1) is 11.9. The number of nitrogens with one attached hydrogen (secondary N) is 1. The lowest BCUT2D eigenvalue weighted by atomic mass is 10.1. The first-order valence-corrected chi connectivity index (χ1v) is 5.79. The molecule has 0 radical (unpaired) electrons. The Morgan fingerprint density at radius 3 is 2.65 bits per heavy atom. The standard InChI is InChI=1S/C12H18N4O/c1-17-10-4-6-16(7-5-10)11-3-2-9(8-15-11)12(13)14/h2-3,8,10H,4-7H2,1H3,(H3,13,14). The van der Waals surface area contributed by atoms with Crippen LogP contribution in [-0.2, 0) is 4.74 Å². The zero-order chi connectivity index (χ0) is 12.3. The molecule has 2 rings (SSSR count). The highest BCUT2D eigenvalue weighted by Gasteiger charge is 2.19. The number of methoxy groups -OCH3 is 1. The van der Waals surface area contributed by atoms with E-state index in [0.717, 1.165) is 31.7 Å². The second-order valence-corrected chi connectivity index (χ2v) is 4.24. The number of hydrogen-bond acceptors (Lipinski definition) is 4. The van der Waals surface area contributed by atoms with Crippen LogP contribution in [0.1, 0.15) is 18.4 Å². The van der Waals surface area contributed by atoms with E-state index in [2.05, 4.69) is 9.88 Å². The molecule has 5 heteroatoms. The van der Waals surface area contributed by atoms with E-state index in [1.165, 1.54) is 0 Å². The third kappa shape index (κ3) is 2.74. The summed E-state index contributed by atoms with van der Waals surface area (Å²) in [6.07, 6.45) is 4.10. The lowest BCUT2D eigenvalue weighted by Crippen LogP contribution is -2.37. The molecule has 1 aromatic rings. The van der Waals surface area contributed by atoms with E-state index >= 15 is 0 Å². The Morgan fingerprint density at radius 1 is 1.47 bits per heavy atom. The molecular weight excluding hydrogens is 216 g/mol. The van der Waals surface area contributed by atoms with Crippen LogP contribution >= 0.6 is 0 Å². The number of amidine groups is 1. The van der Waals surface area contributed by atoms with Crippen molar-refractivity contribution >= 4 is 11.7 Å². The maximum atomic E-state index is 7.31. The molecule has 1 aromatic heterocycles. The highest BCUT2D eigenvalue weighted by molar-refractivity contribution is 5.94. The number of nitrogens with zero attached hydrogens (tertiary/aromatic N) is 2. The first-order chi connectivity index (χ1) is 8.20. The number of piperidine rings is 1. The molecule has 0 aromatic carbocycles. The van der Waals surface area contributed by atoms with E-state index in [0.29, 0.717) is 11.7 Å². The normalized spacial score (nSPS) is 17.1. The molecule has 1 aliphatic heterocycles. The summed E-state index contributed by atoms with van der Waals surface area (Å²) in [7, 11) is 1.76. The maximum absolute atomic E-state index is 7.31. The van der Waals surface area contributed by atoms with Crippen molar-refractivity contribution in [1.29, 1.82) is 5.41 Å². The predicted octanol–water partition coefficient (Wildman–Crippen LogP) is 0.981. The summed E-state index contributed by atoms with van der Waals surface area (Å²) in [6.45, 7) is 1.93. The molecule has 0 unspecified atom stereocenters. The summed E-state index contributed by atoms with van der Waals surface area (Å²) in [5.74, 6) is 1.01. The molecule has 3 N–H and O–H groups in total. The molecular formula is C12H18N4O. The van der Waals surface area contributed by atoms with Crippen molar-refractivity contribution in [2.75, 3.05) is 25.1 Å². The zero-order valence-corrected chi connectivity index (χ0v) is 10.0. The van der Waals surface area contributed by atoms with Crippen molar-refractivity contribution in [3.63, 3.8) is 0 Å². The molecule has 5 nitrogen and oxygen atoms in total. The summed E-state index contributed by atoms with van der Waals surface area (Å²) >= 11 is 0. The minimum Gasteiger partial charge on any atom is -0.384 e. The van der Waals surface area contributed by atoms with Gasteiger partial charge in [0.1, 0.15) is 11.7 Å². The van der Waals surface area contributed by atoms with Gasteiger partial charge in [-0.3, -0.25) is 5.41 Å². The van der Waals surface area contributed by atoms with Crippen LogP contribution < -0.4 is 10.6 Å². The van der Waals surface area contributed by atoms with Crippen LogP contribution in [0.4, 0.5) is 5.82 Å². The molecule has 1 aliphatic rings. The minimum absolute atomic E-state index is 0.0575. The van der Waals surface area contributed by atoms with Gasteiger partial charge in [-0.05, 0) is 25.0 Å². The van der Waals surface area contributed by atoms with Gasteiger partial charge in [-0.25, -0.2) is 4.98 Å². The third-order valence-electron chi connectivity index (χ3n) is 3.16. The molecule has 17 heavy (non-hydrogen) atoms. The van der Waals surface area contributed by atoms with Crippen LogP contribution in [0.3, 0.4) is 0 Å². The van der Waals surface area contributed by atoms with Crippen molar-refractivity contribution in [2.24, 2.45) is 5.73 Å². The number of pyridine rings is 1. The number of aromatic nitrogens is 1. The first-order valence-electron chi connectivity index (χ1n) is 5.79. The van der Waals surface area contributed by atoms with Gasteiger partial charge in [0.2, 0.25) is 0 Å². The summed E-state index contributed by atoms with van der Waals surface area (Å²) < 4.78 is 5.33. The van der Waals surface area contributed by atoms with E-state index in [4.69, 9.17) is 15.9 Å². The second-order valence-electron chi connectivity index (χ2n) is 4.24. The van der Waals surface area contributed by atoms with E-state index in [1.807, 2.05) is 12.1 Å². The Kier molecular flexibility index (Phi) is 3.58. The molecule has 0 bridgehead atoms. The Labute approximate surface area is 101 Å². The van der Waals surface area contributed by atoms with Crippen LogP contribution in [0.15, 0.2) is 18.3 Å². The van der Waals surface area contributed by atoms with E-state index in [1.54, 1.807) is 13.3 Å². The molecule has 0 saturated carbocycles. The van der Waals surface area contributed by atoms with Crippen molar-refractivity contribution in [1.82, 2.24) is 4.98 Å². The van der Waals surface area contributed by atoms with Gasteiger partial charge in [0.25, 0.3) is 0 Å². The number of nitrogens with two attached hydrogens (primary N) is 1. The predicted molar refractivity (Wildman–Crippen MR) is 67.5 cm³/mol. The average molecular weight is 234 g/mol. The minimum atomic E-state index is 0.0575. The van der Waals surface area contributed by atoms with Crippen molar-refractivity contribution in [2.45, 2.75) is 18.9 Å². The van der Waals surface area contributed by atoms with Gasteiger partial charge in [-0.15, -0.1) is 0 Å². The quantitative estimate of drug-likeness (QED) is 0.604. The topological polar surface area (TPSA) is 75.2 Å². The summed E-state index contributed by atoms with van der Waals surface area (Å²) in [6, 6.07) is 3.76. The van der Waals surface area contributed by atoms with Crippen molar-refractivity contribution < 1.29 is 4.74 Å². The molecule has 2 heterocycles. The Morgan fingerprint density at radius 2 is 2.18 bits per heavy atom. The van der Waals surface area contributed by atoms with Gasteiger partial charge in [0.15, 0.2) is 0 Å². The third-order valence-corrected chi connectivity index (χ3v) is 3.16. The molecule has 0 spiro atoms. The van der Waals surface area contributed by atoms with Gasteiger partial charge in [0, 0.05) is 32.0 Å². The summed E-state index contributed by atoms with van der Waals surface area (Å²) in [5, 5.41) is 7.31. The Hall–Kier alpha value is -1.62. The number of anilines is 1. The Bertz CT molecular complexity index is 382. The summed E-state index contributed by atoms with van der Waals surface area (Å²) in [4.78, 5) is 6.57. The van der Waals surface area contributed by atoms with E-state index < -0.39 is 0 Å². The maximum Gasteiger partial charge on any atom is 0.128 e. The molecule has 1 saturated heterocycles. The lowest BCUT2D eigenvalue weighted by Gasteiger charge is -2.32. The van der Waals surface area contributed by atoms with Crippen LogP contribution in [0.2, 0.25) is 0 Å². The van der Waals surface area contributed by atoms with Crippen molar-refractivity contribution in [3.05, 3.63) is 23.9 Å². The largest absolute Gasteiger partial charge is 0.384 e. The smallest absolute Gasteiger partial charge is 0.128 e. The van der Waals surface area contributed by atoms with E-state index in [-0.39, 0.29) is 5.84 Å². The molecule has 0 aliphatic carbocycles. The van der Waals surface area contributed by atoms with E-state index in [9.17, 15) is 0 Å². The fourth-order valence-electron chi connectivity index (χ4n) is 2.05. The second kappa shape index (κ2) is 5.14. The number of ether oxygens (including phenoxy) is 1. The van der Waals surface area contributed by atoms with Crippen LogP contribution in [0, 0.1) is 5.41 Å². The highest BCUT2D eigenvalue weighted by atomic mass is 16.5. The van der Waals surface area contributed by atoms with Crippen LogP contribution in [0.5, 0.6) is 0 Å². The van der Waals surface area contributed by atoms with Crippen molar-refractivity contribution in [3.8, 4) is 0 Å². The molecule has 0 amide bonds. The fourth-order valence-corrected chi connectivity index (χ4v) is 2.05. The SMILES string of the molecule is COC1CCN(c2ccc(C(=N)N)cn2)CC1. The average Bonchev–Trinajstić information content (AvgIpc) is 2.39. The summed E-state index contributed by atoms with van der Waals surface area (Å²) in [5.41, 5.74) is 6.06. The highest BCUT2D eigenvalue weighted by Crippen LogP contribution is 2.19. The Balaban J connectivity index is 2.01. The molecule has 1 fully saturated rings. The van der Waals surface area contributed by atoms with Gasteiger partial charge in [-0.2, -0.15) is 0 Å². The van der Waals surface area contributed by atoms with Gasteiger partial charge < -0.3 is 15.4 Å². The van der Waals surface area contributed by atoms with Crippen LogP contribution in [0.25, 0.3) is 0 Å². The number of rotatable bonds is 3. The fraction of sp³-hybridized carbons (Fsp3) is 0.500. The van der Waals surface area contributed by atoms with Gasteiger partial charge >= 0.3 is 0 Å². The lowest BCUT2D eigenvalue weighted by molar-refractivity contribution is 0.0818.